The molecule has 1 aliphatic rings. The van der Waals surface area contributed by atoms with Crippen molar-refractivity contribution in [3.8, 4) is 34.7 Å². The number of aryl methyl sites for hydroxylation is 1. The van der Waals surface area contributed by atoms with Crippen LogP contribution >= 0.6 is 23.2 Å². The molecule has 10 rings (SSSR count). The number of hydrogen-bond donors (Lipinski definition) is 7. The van der Waals surface area contributed by atoms with E-state index in [0.717, 1.165) is 60.7 Å². The Morgan fingerprint density at radius 2 is 1.10 bits per heavy atom. The third kappa shape index (κ3) is 22.1. The zero-order valence-electron chi connectivity index (χ0n) is 54.8. The Balaban J connectivity index is 0.000000210. The van der Waals surface area contributed by atoms with E-state index < -0.39 is 99.2 Å². The molecule has 0 saturated carbocycles. The minimum absolute atomic E-state index is 0.0116. The molecule has 31 heteroatoms. The largest absolute Gasteiger partial charge is 0.523 e. The van der Waals surface area contributed by atoms with Gasteiger partial charge in [-0.05, 0) is 135 Å². The quantitative estimate of drug-likeness (QED) is 0.0142. The lowest BCUT2D eigenvalue weighted by molar-refractivity contribution is -0.138. The molecule has 2 heterocycles. The lowest BCUT2D eigenvalue weighted by atomic mass is 9.87. The molecule has 2 aromatic heterocycles. The predicted molar refractivity (Wildman–Crippen MR) is 371 cm³/mol. The highest BCUT2D eigenvalue weighted by atomic mass is 35.5. The number of carbonyl (C=O) groups excluding carboxylic acids is 5. The third-order valence-electron chi connectivity index (χ3n) is 14.6. The van der Waals surface area contributed by atoms with Crippen LogP contribution < -0.4 is 16.0 Å². The number of aliphatic hydroxyl groups is 3. The number of terminal acetylenes is 1. The second-order valence-electron chi connectivity index (χ2n) is 21.8. The minimum Gasteiger partial charge on any atom is -0.523 e. The van der Waals surface area contributed by atoms with Crippen LogP contribution in [-0.4, -0.2) is 65.8 Å². The molecule has 544 valence electrons. The van der Waals surface area contributed by atoms with Gasteiger partial charge in [0, 0.05) is 69.5 Å². The zero-order valence-corrected chi connectivity index (χ0v) is 56.3. The van der Waals surface area contributed by atoms with Crippen molar-refractivity contribution in [1.29, 1.82) is 0 Å². The molecule has 7 N–H and O–H groups in total. The Morgan fingerprint density at radius 1 is 0.632 bits per heavy atom. The van der Waals surface area contributed by atoms with Crippen LogP contribution in [0.1, 0.15) is 90.8 Å². The first-order chi connectivity index (χ1) is 49.9. The summed E-state index contributed by atoms with van der Waals surface area (Å²) in [7, 11) is 0. The smallest absolute Gasteiger partial charge is 0.416 e. The number of allylic oxidation sites excluding steroid dienone is 4. The van der Waals surface area contributed by atoms with Crippen LogP contribution in [0.3, 0.4) is 0 Å². The van der Waals surface area contributed by atoms with Crippen molar-refractivity contribution < 1.29 is 102 Å². The maximum Gasteiger partial charge on any atom is 0.416 e. The molecular weight excluding hydrogens is 1450 g/mol. The molecule has 106 heavy (non-hydrogen) atoms. The van der Waals surface area contributed by atoms with Crippen LogP contribution in [0.2, 0.25) is 0 Å². The molecule has 7 aromatic carbocycles. The van der Waals surface area contributed by atoms with Crippen molar-refractivity contribution in [3.63, 3.8) is 0 Å². The van der Waals surface area contributed by atoms with Gasteiger partial charge in [-0.3, -0.25) is 24.0 Å². The fourth-order valence-electron chi connectivity index (χ4n) is 9.35. The Labute approximate surface area is 604 Å². The number of nitrogens with zero attached hydrogens (tertiary/aromatic N) is 4. The Morgan fingerprint density at radius 3 is 1.55 bits per heavy atom. The molecule has 0 saturated heterocycles. The highest BCUT2D eigenvalue weighted by Gasteiger charge is 2.34. The first-order valence-electron chi connectivity index (χ1n) is 30.1. The number of ketones is 2. The number of Topliss-reactive ketones (excluding diaryl/α,β-unsaturated/α-hetero) is 2. The van der Waals surface area contributed by atoms with E-state index in [9.17, 15) is 92.4 Å². The average Bonchev–Trinajstić information content (AvgIpc) is 0.829. The number of amides is 3. The van der Waals surface area contributed by atoms with Crippen LogP contribution in [0.15, 0.2) is 214 Å². The number of aromatic carboxylic acids is 1. The summed E-state index contributed by atoms with van der Waals surface area (Å²) in [6.07, 6.45) is -5.57. The first kappa shape index (κ1) is 82.0. The molecule has 1 aliphatic carbocycles. The standard InChI is InChI=1S/C23H15F2NO2.C15H11F3N2O2.C13H8Cl2O3.2C12H9F3N2O2/c1-13-21(23(27)28)18-12-16(24)10-11-20(18)26-22(13)15-8-6-14(7-9-15)17-4-2-3-5-19(17)25;1-3-4-5-12(21)13(19-2)14(22)20-11-8-6-10(7-9-11)15(16,17)18;14-10(15)6-5-9-11(16)7-3-1-2-4-8(7)12(17)13(9)18;1-7-10(6-16-19-7)11(18)17-9-4-2-8(3-5-9)12(13,14)15;1-7(18)10(16-2)11(19)17-9-5-3-8(4-6-9)12(13,14)15/h2-12H,1H3,(H,27,28);1,6-9,21H,4-5H2,(H,20,22);1-4,6,16H,5H2;2-6H,1H3,(H,17,18);3-6,18H,1H3,(H,17,19)/b;13-12+;;;10-7+. The summed E-state index contributed by atoms with van der Waals surface area (Å²) in [5, 5.41) is 49.0. The van der Waals surface area contributed by atoms with Crippen molar-refractivity contribution in [2.24, 2.45) is 0 Å². The number of nitrogens with one attached hydrogen (secondary N) is 3. The minimum atomic E-state index is -4.47. The molecule has 0 radical (unpaired) electrons. The van der Waals surface area contributed by atoms with Crippen molar-refractivity contribution >= 4 is 92.2 Å². The Hall–Kier alpha value is -12.9. The normalized spacial score (nSPS) is 12.1. The van der Waals surface area contributed by atoms with Gasteiger partial charge in [0.15, 0.2) is 0 Å². The number of rotatable bonds is 13. The maximum atomic E-state index is 14.0. The number of anilines is 3. The van der Waals surface area contributed by atoms with E-state index in [1.54, 1.807) is 74.5 Å². The van der Waals surface area contributed by atoms with Crippen LogP contribution in [-0.2, 0) is 32.9 Å². The fourth-order valence-corrected chi connectivity index (χ4v) is 9.50. The number of aliphatic hydroxyl groups excluding tert-OH is 3. The van der Waals surface area contributed by atoms with Crippen LogP contribution in [0.4, 0.5) is 65.4 Å². The number of alkyl halides is 9. The number of pyridine rings is 1. The van der Waals surface area contributed by atoms with Gasteiger partial charge in [0.25, 0.3) is 29.1 Å². The van der Waals surface area contributed by atoms with Gasteiger partial charge in [0.1, 0.15) is 44.7 Å². The number of carboxylic acids is 1. The number of aromatic nitrogens is 2. The molecule has 0 unspecified atom stereocenters. The van der Waals surface area contributed by atoms with E-state index in [4.69, 9.17) is 52.4 Å². The maximum absolute atomic E-state index is 14.0. The zero-order chi connectivity index (χ0) is 78.5. The summed E-state index contributed by atoms with van der Waals surface area (Å²) in [5.41, 5.74) is 0.984. The van der Waals surface area contributed by atoms with Gasteiger partial charge in [-0.15, -0.1) is 12.3 Å². The van der Waals surface area contributed by atoms with Crippen LogP contribution in [0.25, 0.3) is 48.7 Å². The summed E-state index contributed by atoms with van der Waals surface area (Å²) in [6.45, 7) is 18.0. The van der Waals surface area contributed by atoms with Crippen molar-refractivity contribution in [1.82, 2.24) is 10.1 Å². The molecule has 3 amide bonds. The topological polar surface area (TPSA) is 267 Å². The number of carboxylic acid groups (broad SMARTS) is 1. The molecule has 0 aliphatic heterocycles. The lowest BCUT2D eigenvalue weighted by Gasteiger charge is -2.16. The summed E-state index contributed by atoms with van der Waals surface area (Å²) in [6, 6.07) is 35.5. The van der Waals surface area contributed by atoms with E-state index in [1.165, 1.54) is 61.7 Å². The van der Waals surface area contributed by atoms with Gasteiger partial charge in [0.2, 0.25) is 11.6 Å². The number of fused-ring (bicyclic) bond motifs is 2. The lowest BCUT2D eigenvalue weighted by Crippen LogP contribution is -2.23. The summed E-state index contributed by atoms with van der Waals surface area (Å²) >= 11 is 10.9. The monoisotopic (exact) mass is 1510 g/mol. The van der Waals surface area contributed by atoms with E-state index in [2.05, 4.69) is 41.7 Å². The van der Waals surface area contributed by atoms with Gasteiger partial charge < -0.3 is 40.9 Å². The molecule has 18 nitrogen and oxygen atoms in total. The molecule has 0 fully saturated rings. The van der Waals surface area contributed by atoms with E-state index >= 15 is 0 Å². The second-order valence-corrected chi connectivity index (χ2v) is 22.8. The second kappa shape index (κ2) is 36.3. The van der Waals surface area contributed by atoms with Gasteiger partial charge in [-0.1, -0.05) is 95.1 Å². The molecule has 0 spiro atoms. The van der Waals surface area contributed by atoms with Crippen LogP contribution in [0.5, 0.6) is 0 Å². The average molecular weight is 1510 g/mol. The van der Waals surface area contributed by atoms with Crippen molar-refractivity contribution in [2.45, 2.75) is 58.6 Å². The van der Waals surface area contributed by atoms with Crippen LogP contribution in [0, 0.1) is 51.0 Å². The predicted octanol–water partition coefficient (Wildman–Crippen LogP) is 19.6. The van der Waals surface area contributed by atoms with E-state index in [-0.39, 0.29) is 80.0 Å². The molecule has 0 bridgehead atoms. The number of hydrogen-bond acceptors (Lipinski definition) is 12. The third-order valence-corrected chi connectivity index (χ3v) is 14.9. The van der Waals surface area contributed by atoms with Crippen molar-refractivity contribution in [2.75, 3.05) is 16.0 Å². The highest BCUT2D eigenvalue weighted by molar-refractivity contribution is 6.56. The van der Waals surface area contributed by atoms with Gasteiger partial charge in [0.05, 0.1) is 52.8 Å². The Kier molecular flexibility index (Phi) is 28.1. The first-order valence-corrected chi connectivity index (χ1v) is 30.8. The summed E-state index contributed by atoms with van der Waals surface area (Å²) < 4.78 is 144. The molecule has 9 aromatic rings. The molecular formula is C75H52Cl2F11N7O11. The van der Waals surface area contributed by atoms with E-state index in [0.29, 0.717) is 44.8 Å². The summed E-state index contributed by atoms with van der Waals surface area (Å²) in [4.78, 5) is 80.8. The van der Waals surface area contributed by atoms with Gasteiger partial charge in [-0.25, -0.2) is 28.2 Å². The SMILES string of the molecule is Cc1c(-c2ccc(-c3ccccc3F)cc2)nc2ccc(F)cc2c1C(=O)O.Cc1oncc1C(=O)Nc1ccc(C(F)(F)F)cc1.O=C1C(=O)c2ccccc2C(O)=C1CC=C(Cl)Cl.[C-]#[N+]/C(C(=O)Nc1ccc(C(F)(F)F)cc1)=C(/O)CCC#C.[C-]#[N+]/C(C(=O)Nc1ccc(C(F)(F)F)cc1)=C(\C)O. The number of halogens is 13. The fraction of sp³-hybridized carbons (Fsp3) is 0.120. The highest BCUT2D eigenvalue weighted by Crippen LogP contribution is 2.36. The Bertz CT molecular complexity index is 5060. The molecule has 0 atom stereocenters. The number of benzene rings is 7. The van der Waals surface area contributed by atoms with Crippen molar-refractivity contribution in [3.05, 3.63) is 294 Å². The summed E-state index contributed by atoms with van der Waals surface area (Å²) in [5.74, 6) is -4.13. The van der Waals surface area contributed by atoms with Gasteiger partial charge in [-0.2, -0.15) is 39.5 Å². The van der Waals surface area contributed by atoms with Gasteiger partial charge >= 0.3 is 24.5 Å². The van der Waals surface area contributed by atoms with E-state index in [1.807, 2.05) is 0 Å². The number of carbonyl (C=O) groups is 6.